The first-order valence-corrected chi connectivity index (χ1v) is 7.35. The minimum absolute atomic E-state index is 0.0640. The Bertz CT molecular complexity index is 768. The summed E-state index contributed by atoms with van der Waals surface area (Å²) >= 11 is 0. The number of carbonyl (C=O) groups is 1. The molecule has 130 valence electrons. The van der Waals surface area contributed by atoms with E-state index in [9.17, 15) is 18.0 Å². The largest absolute Gasteiger partial charge is 0.490 e. The van der Waals surface area contributed by atoms with Gasteiger partial charge in [0.1, 0.15) is 0 Å². The highest BCUT2D eigenvalue weighted by Gasteiger charge is 2.30. The molecule has 2 aromatic rings. The fraction of sp³-hybridized carbons (Fsp3) is 0.235. The Morgan fingerprint density at radius 3 is 2.60 bits per heavy atom. The molecular weight excluding hydrogens is 335 g/mol. The summed E-state index contributed by atoms with van der Waals surface area (Å²) in [6, 6.07) is 9.07. The van der Waals surface area contributed by atoms with Crippen LogP contribution in [0.1, 0.15) is 28.8 Å². The summed E-state index contributed by atoms with van der Waals surface area (Å²) < 4.78 is 43.1. The average Bonchev–Trinajstić information content (AvgIpc) is 2.59. The van der Waals surface area contributed by atoms with Crippen LogP contribution in [0.25, 0.3) is 0 Å². The number of rotatable bonds is 6. The van der Waals surface area contributed by atoms with Crippen molar-refractivity contribution in [2.45, 2.75) is 19.0 Å². The number of alkyl halides is 3. The molecule has 0 saturated carbocycles. The molecule has 0 aliphatic rings. The third kappa shape index (κ3) is 5.21. The van der Waals surface area contributed by atoms with Gasteiger partial charge in [0.25, 0.3) is 5.91 Å². The zero-order valence-corrected chi connectivity index (χ0v) is 13.0. The zero-order valence-electron chi connectivity index (χ0n) is 13.0. The van der Waals surface area contributed by atoms with Gasteiger partial charge in [0, 0.05) is 18.2 Å². The first-order chi connectivity index (χ1) is 11.9. The molecule has 1 heterocycles. The number of nitrogens with one attached hydrogen (secondary N) is 1. The molecule has 0 atom stereocenters. The molecule has 0 fully saturated rings. The van der Waals surface area contributed by atoms with Crippen LogP contribution in [-0.2, 0) is 6.18 Å². The van der Waals surface area contributed by atoms with Gasteiger partial charge in [0.2, 0.25) is 0 Å². The number of aromatic nitrogens is 1. The van der Waals surface area contributed by atoms with Crippen LogP contribution in [0.4, 0.5) is 19.0 Å². The van der Waals surface area contributed by atoms with Gasteiger partial charge < -0.3 is 10.1 Å². The molecule has 25 heavy (non-hydrogen) atoms. The van der Waals surface area contributed by atoms with Gasteiger partial charge in [-0.05, 0) is 42.8 Å². The highest BCUT2D eigenvalue weighted by Crippen LogP contribution is 2.29. The van der Waals surface area contributed by atoms with E-state index < -0.39 is 17.6 Å². The number of pyridine rings is 1. The van der Waals surface area contributed by atoms with Crippen LogP contribution >= 0.6 is 0 Å². The smallest absolute Gasteiger partial charge is 0.416 e. The Labute approximate surface area is 142 Å². The van der Waals surface area contributed by atoms with E-state index in [1.54, 1.807) is 12.1 Å². The fourth-order valence-electron chi connectivity index (χ4n) is 1.92. The van der Waals surface area contributed by atoms with Crippen molar-refractivity contribution < 1.29 is 22.7 Å². The second-order valence-corrected chi connectivity index (χ2v) is 4.99. The maximum atomic E-state index is 12.5. The van der Waals surface area contributed by atoms with Crippen molar-refractivity contribution in [2.75, 3.05) is 11.9 Å². The van der Waals surface area contributed by atoms with Crippen molar-refractivity contribution in [1.82, 2.24) is 4.98 Å². The molecule has 0 bridgehead atoms. The van der Waals surface area contributed by atoms with Gasteiger partial charge in [-0.3, -0.25) is 4.79 Å². The van der Waals surface area contributed by atoms with E-state index in [1.165, 1.54) is 6.20 Å². The number of halogens is 3. The highest BCUT2D eigenvalue weighted by molar-refractivity contribution is 6.04. The number of ether oxygens (including phenoxy) is 1. The molecule has 1 aromatic heterocycles. The van der Waals surface area contributed by atoms with Crippen LogP contribution in [0.2, 0.25) is 0 Å². The maximum Gasteiger partial charge on any atom is 0.416 e. The topological polar surface area (TPSA) is 75.0 Å². The lowest BCUT2D eigenvalue weighted by Gasteiger charge is -2.11. The summed E-state index contributed by atoms with van der Waals surface area (Å²) in [6.45, 7) is 0.280. The van der Waals surface area contributed by atoms with Crippen LogP contribution in [0.15, 0.2) is 42.6 Å². The molecular formula is C17H14F3N3O2. The Morgan fingerprint density at radius 1 is 1.24 bits per heavy atom. The quantitative estimate of drug-likeness (QED) is 0.799. The molecule has 0 aliphatic heterocycles. The van der Waals surface area contributed by atoms with E-state index in [2.05, 4.69) is 10.3 Å². The van der Waals surface area contributed by atoms with Crippen molar-refractivity contribution >= 4 is 11.7 Å². The molecule has 1 aromatic carbocycles. The van der Waals surface area contributed by atoms with Gasteiger partial charge in [-0.2, -0.15) is 18.4 Å². The predicted octanol–water partition coefficient (Wildman–Crippen LogP) is 4.04. The summed E-state index contributed by atoms with van der Waals surface area (Å²) in [6.07, 6.45) is -2.14. The standard InChI is InChI=1S/C17H14F3N3O2/c18-17(19,20)13-7-5-12(6-8-13)16(24)23-15-14(4-3-10-22-15)25-11-2-1-9-21/h3-8,10H,1-2,11H2,(H,22,23,24). The van der Waals surface area contributed by atoms with Crippen molar-refractivity contribution in [3.63, 3.8) is 0 Å². The van der Waals surface area contributed by atoms with Crippen LogP contribution < -0.4 is 10.1 Å². The number of anilines is 1. The van der Waals surface area contributed by atoms with E-state index in [0.29, 0.717) is 18.6 Å². The van der Waals surface area contributed by atoms with Crippen molar-refractivity contribution in [2.24, 2.45) is 0 Å². The number of hydrogen-bond donors (Lipinski definition) is 1. The predicted molar refractivity (Wildman–Crippen MR) is 84.0 cm³/mol. The molecule has 2 rings (SSSR count). The number of hydrogen-bond acceptors (Lipinski definition) is 4. The molecule has 1 N–H and O–H groups in total. The Hall–Kier alpha value is -3.08. The number of nitrogens with zero attached hydrogens (tertiary/aromatic N) is 2. The first kappa shape index (κ1) is 18.3. The summed E-state index contributed by atoms with van der Waals surface area (Å²) in [5.41, 5.74) is -0.766. The van der Waals surface area contributed by atoms with Crippen molar-refractivity contribution in [3.05, 3.63) is 53.7 Å². The van der Waals surface area contributed by atoms with E-state index in [4.69, 9.17) is 10.00 Å². The van der Waals surface area contributed by atoms with Crippen molar-refractivity contribution in [3.8, 4) is 11.8 Å². The van der Waals surface area contributed by atoms with Gasteiger partial charge in [0.05, 0.1) is 18.2 Å². The Morgan fingerprint density at radius 2 is 1.96 bits per heavy atom. The van der Waals surface area contributed by atoms with E-state index in [-0.39, 0.29) is 18.0 Å². The summed E-state index contributed by atoms with van der Waals surface area (Å²) in [4.78, 5) is 16.2. The average molecular weight is 349 g/mol. The normalized spacial score (nSPS) is 10.8. The van der Waals surface area contributed by atoms with Crippen molar-refractivity contribution in [1.29, 1.82) is 5.26 Å². The number of amides is 1. The molecule has 1 amide bonds. The van der Waals surface area contributed by atoms with Gasteiger partial charge in [-0.25, -0.2) is 4.98 Å². The van der Waals surface area contributed by atoms with E-state index in [0.717, 1.165) is 24.3 Å². The minimum atomic E-state index is -4.46. The number of carbonyl (C=O) groups excluding carboxylic acids is 1. The van der Waals surface area contributed by atoms with Crippen LogP contribution in [0.5, 0.6) is 5.75 Å². The van der Waals surface area contributed by atoms with Gasteiger partial charge in [-0.15, -0.1) is 0 Å². The lowest BCUT2D eigenvalue weighted by atomic mass is 10.1. The second kappa shape index (κ2) is 8.15. The number of unbranched alkanes of at least 4 members (excludes halogenated alkanes) is 1. The number of nitriles is 1. The SMILES string of the molecule is N#CCCCOc1cccnc1NC(=O)c1ccc(C(F)(F)F)cc1. The van der Waals surface area contributed by atoms with Gasteiger partial charge in [0.15, 0.2) is 11.6 Å². The monoisotopic (exact) mass is 349 g/mol. The maximum absolute atomic E-state index is 12.5. The van der Waals surface area contributed by atoms with Crippen LogP contribution in [0, 0.1) is 11.3 Å². The molecule has 8 heteroatoms. The molecule has 0 saturated heterocycles. The van der Waals surface area contributed by atoms with Gasteiger partial charge >= 0.3 is 6.18 Å². The van der Waals surface area contributed by atoms with Crippen LogP contribution in [0.3, 0.4) is 0 Å². The fourth-order valence-corrected chi connectivity index (χ4v) is 1.92. The minimum Gasteiger partial charge on any atom is -0.490 e. The third-order valence-electron chi connectivity index (χ3n) is 3.17. The summed E-state index contributed by atoms with van der Waals surface area (Å²) in [5.74, 6) is -0.126. The lowest BCUT2D eigenvalue weighted by Crippen LogP contribution is -2.15. The highest BCUT2D eigenvalue weighted by atomic mass is 19.4. The zero-order chi connectivity index (χ0) is 18.3. The van der Waals surface area contributed by atoms with E-state index in [1.807, 2.05) is 6.07 Å². The lowest BCUT2D eigenvalue weighted by molar-refractivity contribution is -0.137. The number of benzene rings is 1. The molecule has 0 aliphatic carbocycles. The molecule has 0 unspecified atom stereocenters. The summed E-state index contributed by atoms with van der Waals surface area (Å²) in [7, 11) is 0. The Kier molecular flexibility index (Phi) is 5.95. The first-order valence-electron chi connectivity index (χ1n) is 7.35. The third-order valence-corrected chi connectivity index (χ3v) is 3.17. The Balaban J connectivity index is 2.06. The molecule has 0 spiro atoms. The summed E-state index contributed by atoms with van der Waals surface area (Å²) in [5, 5.41) is 11.0. The second-order valence-electron chi connectivity index (χ2n) is 4.99. The van der Waals surface area contributed by atoms with Crippen LogP contribution in [-0.4, -0.2) is 17.5 Å². The van der Waals surface area contributed by atoms with Gasteiger partial charge in [-0.1, -0.05) is 0 Å². The van der Waals surface area contributed by atoms with E-state index >= 15 is 0 Å². The molecule has 0 radical (unpaired) electrons. The molecule has 5 nitrogen and oxygen atoms in total.